The Labute approximate surface area is 146 Å². The Balaban J connectivity index is 1.49. The summed E-state index contributed by atoms with van der Waals surface area (Å²) in [5, 5.41) is 0. The zero-order valence-corrected chi connectivity index (χ0v) is 14.4. The summed E-state index contributed by atoms with van der Waals surface area (Å²) in [6.07, 6.45) is 10.1. The molecule has 3 aromatic rings. The largest absolute Gasteiger partial charge is 0.461 e. The van der Waals surface area contributed by atoms with Gasteiger partial charge >= 0.3 is 0 Å². The van der Waals surface area contributed by atoms with E-state index in [0.29, 0.717) is 29.6 Å². The maximum absolute atomic E-state index is 5.33. The van der Waals surface area contributed by atoms with E-state index in [1.165, 1.54) is 0 Å². The molecular weight excluding hydrogens is 316 g/mol. The molecule has 1 aliphatic rings. The van der Waals surface area contributed by atoms with Crippen LogP contribution in [0.25, 0.3) is 23.0 Å². The normalized spacial score (nSPS) is 23.2. The maximum Gasteiger partial charge on any atom is 0.195 e. The molecule has 0 radical (unpaired) electrons. The molecule has 1 saturated heterocycles. The van der Waals surface area contributed by atoms with Crippen molar-refractivity contribution in [1.82, 2.24) is 30.4 Å². The van der Waals surface area contributed by atoms with E-state index in [9.17, 15) is 0 Å². The lowest BCUT2D eigenvalue weighted by atomic mass is 9.93. The van der Waals surface area contributed by atoms with Gasteiger partial charge in [0.05, 0.1) is 11.8 Å². The summed E-state index contributed by atoms with van der Waals surface area (Å²) >= 11 is 0. The Hall–Kier alpha value is -2.51. The number of hydrogen-bond acceptors (Lipinski definition) is 6. The summed E-state index contributed by atoms with van der Waals surface area (Å²) in [6.45, 7) is 5.35. The second-order valence-corrected chi connectivity index (χ2v) is 6.54. The number of imidazole rings is 1. The maximum atomic E-state index is 5.33. The highest BCUT2D eigenvalue weighted by atomic mass is 16.3. The van der Waals surface area contributed by atoms with Gasteiger partial charge in [0.2, 0.25) is 0 Å². The van der Waals surface area contributed by atoms with Gasteiger partial charge in [-0.1, -0.05) is 0 Å². The summed E-state index contributed by atoms with van der Waals surface area (Å²) in [5.74, 6) is 2.73. The minimum Gasteiger partial charge on any atom is -0.461 e. The molecule has 7 heteroatoms. The van der Waals surface area contributed by atoms with Crippen LogP contribution in [0.15, 0.2) is 47.6 Å². The lowest BCUT2D eigenvalue weighted by molar-refractivity contribution is 0.388. The van der Waals surface area contributed by atoms with E-state index in [2.05, 4.69) is 44.2 Å². The van der Waals surface area contributed by atoms with Crippen LogP contribution in [-0.2, 0) is 6.54 Å². The molecule has 2 N–H and O–H groups in total. The first kappa shape index (κ1) is 16.0. The lowest BCUT2D eigenvalue weighted by Crippen LogP contribution is -2.30. The third kappa shape index (κ3) is 3.20. The first-order valence-electron chi connectivity index (χ1n) is 8.61. The van der Waals surface area contributed by atoms with Crippen molar-refractivity contribution in [2.75, 3.05) is 0 Å². The van der Waals surface area contributed by atoms with Crippen LogP contribution in [0, 0.1) is 5.92 Å². The molecule has 7 nitrogen and oxygen atoms in total. The number of hydrogen-bond donors (Lipinski definition) is 2. The van der Waals surface area contributed by atoms with Gasteiger partial charge in [-0.15, -0.1) is 0 Å². The molecule has 25 heavy (non-hydrogen) atoms. The number of aromatic nitrogens is 4. The van der Waals surface area contributed by atoms with E-state index in [4.69, 9.17) is 4.42 Å². The average Bonchev–Trinajstić information content (AvgIpc) is 3.36. The van der Waals surface area contributed by atoms with Crippen LogP contribution in [0.2, 0.25) is 0 Å². The second-order valence-electron chi connectivity index (χ2n) is 6.54. The van der Waals surface area contributed by atoms with Gasteiger partial charge in [0.25, 0.3) is 0 Å². The molecule has 1 aliphatic heterocycles. The quantitative estimate of drug-likeness (QED) is 0.744. The van der Waals surface area contributed by atoms with Crippen molar-refractivity contribution in [2.45, 2.75) is 38.9 Å². The number of nitrogens with zero attached hydrogens (tertiary/aromatic N) is 4. The SMILES string of the molecule is CC1NNC(C)C1CCn1ccnc1-c1cnc(-c2ccco2)nc1. The van der Waals surface area contributed by atoms with Crippen molar-refractivity contribution in [1.29, 1.82) is 0 Å². The predicted octanol–water partition coefficient (Wildman–Crippen LogP) is 2.49. The predicted molar refractivity (Wildman–Crippen MR) is 94.3 cm³/mol. The van der Waals surface area contributed by atoms with Gasteiger partial charge in [-0.2, -0.15) is 0 Å². The molecule has 3 aromatic heterocycles. The van der Waals surface area contributed by atoms with Crippen LogP contribution in [0.4, 0.5) is 0 Å². The zero-order valence-electron chi connectivity index (χ0n) is 14.4. The molecule has 130 valence electrons. The summed E-state index contributed by atoms with van der Waals surface area (Å²) in [4.78, 5) is 13.3. The highest BCUT2D eigenvalue weighted by Gasteiger charge is 2.29. The van der Waals surface area contributed by atoms with E-state index in [1.54, 1.807) is 18.7 Å². The number of nitrogens with one attached hydrogen (secondary N) is 2. The molecule has 0 saturated carbocycles. The molecular formula is C18H22N6O. The van der Waals surface area contributed by atoms with Gasteiger partial charge in [0.1, 0.15) is 5.82 Å². The topological polar surface area (TPSA) is 80.8 Å². The van der Waals surface area contributed by atoms with Gasteiger partial charge < -0.3 is 8.98 Å². The fourth-order valence-corrected chi connectivity index (χ4v) is 3.42. The molecule has 4 heterocycles. The fourth-order valence-electron chi connectivity index (χ4n) is 3.42. The first-order chi connectivity index (χ1) is 12.2. The van der Waals surface area contributed by atoms with Crippen molar-refractivity contribution < 1.29 is 4.42 Å². The molecule has 2 unspecified atom stereocenters. The zero-order chi connectivity index (χ0) is 17.2. The Kier molecular flexibility index (Phi) is 4.33. The van der Waals surface area contributed by atoms with E-state index in [-0.39, 0.29) is 0 Å². The van der Waals surface area contributed by atoms with E-state index in [0.717, 1.165) is 24.4 Å². The molecule has 0 amide bonds. The Morgan fingerprint density at radius 1 is 1.12 bits per heavy atom. The number of furan rings is 1. The number of aryl methyl sites for hydroxylation is 1. The first-order valence-corrected chi connectivity index (χ1v) is 8.61. The minimum atomic E-state index is 0.470. The van der Waals surface area contributed by atoms with Crippen LogP contribution in [0.1, 0.15) is 20.3 Å². The third-order valence-corrected chi connectivity index (χ3v) is 4.89. The monoisotopic (exact) mass is 338 g/mol. The van der Waals surface area contributed by atoms with Gasteiger partial charge in [-0.25, -0.2) is 15.0 Å². The van der Waals surface area contributed by atoms with Crippen molar-refractivity contribution in [3.8, 4) is 23.0 Å². The molecule has 2 atom stereocenters. The smallest absolute Gasteiger partial charge is 0.195 e. The molecule has 0 spiro atoms. The van der Waals surface area contributed by atoms with E-state index < -0.39 is 0 Å². The highest BCUT2D eigenvalue weighted by molar-refractivity contribution is 5.55. The number of rotatable bonds is 5. The standard InChI is InChI=1S/C18H22N6O/c1-12-15(13(2)23-22-12)5-7-24-8-6-19-18(24)14-10-20-17(21-11-14)16-4-3-9-25-16/h3-4,6,8-13,15,22-23H,5,7H2,1-2H3. The second kappa shape index (κ2) is 6.78. The summed E-state index contributed by atoms with van der Waals surface area (Å²) < 4.78 is 7.50. The van der Waals surface area contributed by atoms with Crippen molar-refractivity contribution in [2.24, 2.45) is 5.92 Å². The van der Waals surface area contributed by atoms with E-state index in [1.807, 2.05) is 24.5 Å². The van der Waals surface area contributed by atoms with Gasteiger partial charge in [0.15, 0.2) is 11.6 Å². The van der Waals surface area contributed by atoms with Gasteiger partial charge in [-0.3, -0.25) is 10.9 Å². The average molecular weight is 338 g/mol. The van der Waals surface area contributed by atoms with Gasteiger partial charge in [-0.05, 0) is 38.3 Å². The molecule has 1 fully saturated rings. The molecule has 4 rings (SSSR count). The van der Waals surface area contributed by atoms with Crippen LogP contribution >= 0.6 is 0 Å². The third-order valence-electron chi connectivity index (χ3n) is 4.89. The summed E-state index contributed by atoms with van der Waals surface area (Å²) in [6, 6.07) is 4.62. The van der Waals surface area contributed by atoms with Crippen molar-refractivity contribution >= 4 is 0 Å². The minimum absolute atomic E-state index is 0.470. The van der Waals surface area contributed by atoms with E-state index >= 15 is 0 Å². The van der Waals surface area contributed by atoms with Crippen LogP contribution in [0.5, 0.6) is 0 Å². The Morgan fingerprint density at radius 3 is 2.56 bits per heavy atom. The summed E-state index contributed by atoms with van der Waals surface area (Å²) in [7, 11) is 0. The Morgan fingerprint density at radius 2 is 1.88 bits per heavy atom. The van der Waals surface area contributed by atoms with Crippen LogP contribution in [0.3, 0.4) is 0 Å². The molecule has 0 aliphatic carbocycles. The lowest BCUT2D eigenvalue weighted by Gasteiger charge is -2.18. The van der Waals surface area contributed by atoms with Crippen LogP contribution in [-0.4, -0.2) is 31.6 Å². The molecule has 0 bridgehead atoms. The van der Waals surface area contributed by atoms with Crippen molar-refractivity contribution in [3.63, 3.8) is 0 Å². The fraction of sp³-hybridized carbons (Fsp3) is 0.389. The highest BCUT2D eigenvalue weighted by Crippen LogP contribution is 2.23. The summed E-state index contributed by atoms with van der Waals surface area (Å²) in [5.41, 5.74) is 7.53. The molecule has 0 aromatic carbocycles. The van der Waals surface area contributed by atoms with Gasteiger partial charge in [0, 0.05) is 43.4 Å². The Bertz CT molecular complexity index is 800. The number of hydrazine groups is 1. The van der Waals surface area contributed by atoms with Crippen LogP contribution < -0.4 is 10.9 Å². The van der Waals surface area contributed by atoms with Crippen molar-refractivity contribution in [3.05, 3.63) is 43.2 Å².